The molecule has 0 aromatic rings. The van der Waals surface area contributed by atoms with Crippen molar-refractivity contribution < 1.29 is 48.3 Å². The second kappa shape index (κ2) is 4.05. The van der Waals surface area contributed by atoms with Gasteiger partial charge in [-0.05, 0) is 0 Å². The molecule has 0 atom stereocenters. The van der Waals surface area contributed by atoms with E-state index in [9.17, 15) is 48.3 Å². The van der Waals surface area contributed by atoms with Crippen LogP contribution in [0, 0.1) is 0 Å². The van der Waals surface area contributed by atoms with Crippen LogP contribution in [-0.4, -0.2) is 55.3 Å². The van der Waals surface area contributed by atoms with Crippen LogP contribution >= 0.6 is 46.4 Å². The highest BCUT2D eigenvalue weighted by atomic mass is 35.5. The molecular weight excluding hydrogens is 471 g/mol. The molecule has 4 rings (SSSR count). The fraction of sp³-hybridized carbons (Fsp3) is 1.00. The van der Waals surface area contributed by atoms with Gasteiger partial charge in [-0.15, -0.1) is 23.2 Å². The van der Waals surface area contributed by atoms with E-state index in [1.54, 1.807) is 0 Å². The molecule has 0 N–H and O–H groups in total. The van der Waals surface area contributed by atoms with Crippen molar-refractivity contribution in [3.05, 3.63) is 0 Å². The third kappa shape index (κ3) is 1.17. The number of alkyl halides is 15. The average molecular weight is 472 g/mol. The fourth-order valence-corrected chi connectivity index (χ4v) is 5.80. The normalized spacial score (nSPS) is 56.0. The van der Waals surface area contributed by atoms with Crippen LogP contribution in [0.2, 0.25) is 0 Å². The predicted octanol–water partition coefficient (Wildman–Crippen LogP) is 5.45. The lowest BCUT2D eigenvalue weighted by atomic mass is 9.45. The lowest BCUT2D eigenvalue weighted by Gasteiger charge is -2.75. The van der Waals surface area contributed by atoms with E-state index in [4.69, 9.17) is 23.2 Å². The summed E-state index contributed by atoms with van der Waals surface area (Å²) in [4.78, 5) is -22.5. The van der Waals surface area contributed by atoms with Gasteiger partial charge in [0, 0.05) is 0 Å². The minimum Gasteiger partial charge on any atom is -0.243 e. The fourth-order valence-electron chi connectivity index (χ4n) is 3.73. The van der Waals surface area contributed by atoms with Crippen molar-refractivity contribution in [2.75, 3.05) is 0 Å². The molecule has 0 unspecified atom stereocenters. The second-order valence-electron chi connectivity index (χ2n) is 5.98. The smallest absolute Gasteiger partial charge is 0.243 e. The van der Waals surface area contributed by atoms with Crippen LogP contribution in [0.15, 0.2) is 0 Å². The molecule has 0 nitrogen and oxygen atoms in total. The molecular formula is C10HCl4F11. The Labute approximate surface area is 150 Å². The van der Waals surface area contributed by atoms with Crippen LogP contribution in [0.3, 0.4) is 0 Å². The van der Waals surface area contributed by atoms with Crippen LogP contribution in [0.5, 0.6) is 0 Å². The number of hydrogen-bond acceptors (Lipinski definition) is 0. The molecule has 4 fully saturated rings. The number of halogens is 15. The van der Waals surface area contributed by atoms with E-state index in [0.29, 0.717) is 0 Å². The van der Waals surface area contributed by atoms with Gasteiger partial charge < -0.3 is 0 Å². The van der Waals surface area contributed by atoms with Crippen molar-refractivity contribution in [3.8, 4) is 0 Å². The van der Waals surface area contributed by atoms with E-state index in [1.165, 1.54) is 0 Å². The summed E-state index contributed by atoms with van der Waals surface area (Å²) in [6.07, 6.45) is -4.78. The Morgan fingerprint density at radius 3 is 0.840 bits per heavy atom. The van der Waals surface area contributed by atoms with Gasteiger partial charge in [0.15, 0.2) is 6.17 Å². The Hall–Kier alpha value is 0.390. The van der Waals surface area contributed by atoms with Crippen LogP contribution < -0.4 is 0 Å². The standard InChI is InChI=1S/C10HCl4F11/c11-2-1(15)3(12)8(20,21)4(13,6(2,16)17)10(24,25)5(14,7(2,18)19)9(3,22)23/h1H. The molecule has 4 aliphatic carbocycles. The monoisotopic (exact) mass is 470 g/mol. The van der Waals surface area contributed by atoms with Crippen LogP contribution in [0.25, 0.3) is 0 Å². The highest BCUT2D eigenvalue weighted by Crippen LogP contribution is 2.88. The summed E-state index contributed by atoms with van der Waals surface area (Å²) < 4.78 is 157. The SMILES string of the molecule is FC1C2(Cl)C(F)(F)C3(Cl)C(F)(F)C1(Cl)C(F)(F)C(Cl)(C2(F)F)C3(F)F. The largest absolute Gasteiger partial charge is 0.309 e. The lowest BCUT2D eigenvalue weighted by Crippen LogP contribution is -3.06. The number of rotatable bonds is 0. The van der Waals surface area contributed by atoms with Crippen LogP contribution in [0.1, 0.15) is 0 Å². The highest BCUT2D eigenvalue weighted by Gasteiger charge is 3.16. The van der Waals surface area contributed by atoms with E-state index >= 15 is 0 Å². The van der Waals surface area contributed by atoms with Crippen molar-refractivity contribution >= 4 is 46.4 Å². The average Bonchev–Trinajstić information content (AvgIpc) is 2.45. The molecule has 146 valence electrons. The molecule has 0 aliphatic heterocycles. The van der Waals surface area contributed by atoms with Gasteiger partial charge in [-0.3, -0.25) is 0 Å². The summed E-state index contributed by atoms with van der Waals surface area (Å²) in [6, 6.07) is 0. The van der Waals surface area contributed by atoms with Gasteiger partial charge in [0.05, 0.1) is 0 Å². The third-order valence-corrected chi connectivity index (χ3v) is 7.88. The van der Waals surface area contributed by atoms with Crippen LogP contribution in [-0.2, 0) is 0 Å². The molecule has 0 heterocycles. The highest BCUT2D eigenvalue weighted by molar-refractivity contribution is 6.40. The molecule has 4 bridgehead atoms. The quantitative estimate of drug-likeness (QED) is 0.325. The molecule has 0 spiro atoms. The van der Waals surface area contributed by atoms with Gasteiger partial charge in [0.25, 0.3) is 0 Å². The Morgan fingerprint density at radius 2 is 0.640 bits per heavy atom. The van der Waals surface area contributed by atoms with E-state index < -0.39 is 55.3 Å². The first-order chi connectivity index (χ1) is 10.7. The van der Waals surface area contributed by atoms with Crippen molar-refractivity contribution in [1.82, 2.24) is 0 Å². The first-order valence-corrected chi connectivity index (χ1v) is 7.45. The lowest BCUT2D eigenvalue weighted by molar-refractivity contribution is -0.451. The van der Waals surface area contributed by atoms with Gasteiger partial charge >= 0.3 is 29.6 Å². The van der Waals surface area contributed by atoms with Crippen molar-refractivity contribution in [2.24, 2.45) is 0 Å². The maximum Gasteiger partial charge on any atom is 0.309 e. The minimum absolute atomic E-state index is 4.66. The summed E-state index contributed by atoms with van der Waals surface area (Å²) in [5, 5.41) is 0. The van der Waals surface area contributed by atoms with Gasteiger partial charge in [0.1, 0.15) is 0 Å². The van der Waals surface area contributed by atoms with Gasteiger partial charge in [-0.2, -0.15) is 0 Å². The predicted molar refractivity (Wildman–Crippen MR) is 64.0 cm³/mol. The zero-order valence-corrected chi connectivity index (χ0v) is 13.8. The Kier molecular flexibility index (Phi) is 3.26. The summed E-state index contributed by atoms with van der Waals surface area (Å²) in [6.45, 7) is 0. The zero-order valence-electron chi connectivity index (χ0n) is 10.7. The first-order valence-electron chi connectivity index (χ1n) is 5.94. The second-order valence-corrected chi connectivity index (χ2v) is 8.30. The van der Waals surface area contributed by atoms with E-state index in [2.05, 4.69) is 23.2 Å². The van der Waals surface area contributed by atoms with E-state index in [0.717, 1.165) is 0 Å². The maximum absolute atomic E-state index is 14.3. The van der Waals surface area contributed by atoms with Crippen LogP contribution in [0.4, 0.5) is 48.3 Å². The third-order valence-electron chi connectivity index (χ3n) is 5.12. The Bertz CT molecular complexity index is 588. The molecule has 0 aromatic carbocycles. The Morgan fingerprint density at radius 1 is 0.440 bits per heavy atom. The topological polar surface area (TPSA) is 0 Å². The van der Waals surface area contributed by atoms with Gasteiger partial charge in [0.2, 0.25) is 19.5 Å². The molecule has 4 saturated carbocycles. The minimum atomic E-state index is -6.56. The summed E-state index contributed by atoms with van der Waals surface area (Å²) in [5.41, 5.74) is 0. The van der Waals surface area contributed by atoms with Crippen molar-refractivity contribution in [3.63, 3.8) is 0 Å². The van der Waals surface area contributed by atoms with E-state index in [1.807, 2.05) is 0 Å². The summed E-state index contributed by atoms with van der Waals surface area (Å²) in [5.74, 6) is -31.9. The van der Waals surface area contributed by atoms with E-state index in [-0.39, 0.29) is 0 Å². The number of hydrogen-bond donors (Lipinski definition) is 0. The summed E-state index contributed by atoms with van der Waals surface area (Å²) >= 11 is 18.9. The molecule has 0 aromatic heterocycles. The van der Waals surface area contributed by atoms with Gasteiger partial charge in [-0.25, -0.2) is 48.3 Å². The van der Waals surface area contributed by atoms with Crippen molar-refractivity contribution in [1.29, 1.82) is 0 Å². The molecule has 15 heteroatoms. The molecule has 0 saturated heterocycles. The Balaban J connectivity index is 2.65. The van der Waals surface area contributed by atoms with Gasteiger partial charge in [-0.1, -0.05) is 23.2 Å². The van der Waals surface area contributed by atoms with Crippen molar-refractivity contribution in [2.45, 2.75) is 55.3 Å². The molecule has 25 heavy (non-hydrogen) atoms. The molecule has 4 aliphatic rings. The summed E-state index contributed by atoms with van der Waals surface area (Å²) in [7, 11) is 0. The maximum atomic E-state index is 14.3. The molecule has 0 radical (unpaired) electrons. The zero-order chi connectivity index (χ0) is 20.1. The first kappa shape index (κ1) is 20.1. The molecule has 0 amide bonds.